The molecule has 0 amide bonds. The number of nitrogens with zero attached hydrogens (tertiary/aromatic N) is 4. The molecule has 0 atom stereocenters. The van der Waals surface area contributed by atoms with Crippen molar-refractivity contribution in [3.8, 4) is 11.6 Å². The number of hydrogen-bond donors (Lipinski definition) is 1. The molecule has 8 nitrogen and oxygen atoms in total. The Morgan fingerprint density at radius 1 is 1.43 bits per heavy atom. The third-order valence-corrected chi connectivity index (χ3v) is 2.79. The number of hydrogen-bond acceptors (Lipinski definition) is 7. The second-order valence-corrected chi connectivity index (χ2v) is 4.92. The lowest BCUT2D eigenvalue weighted by Crippen LogP contribution is -2.06. The van der Waals surface area contributed by atoms with Crippen LogP contribution in [0, 0.1) is 10.1 Å². The molecule has 0 aliphatic rings. The normalized spacial score (nSPS) is 10.2. The van der Waals surface area contributed by atoms with E-state index in [0.717, 1.165) is 12.6 Å². The maximum absolute atomic E-state index is 11.0. The van der Waals surface area contributed by atoms with Gasteiger partial charge in [0.2, 0.25) is 5.95 Å². The van der Waals surface area contributed by atoms with Gasteiger partial charge in [0.15, 0.2) is 0 Å². The van der Waals surface area contributed by atoms with Crippen molar-refractivity contribution in [3.05, 3.63) is 39.2 Å². The van der Waals surface area contributed by atoms with E-state index in [9.17, 15) is 10.1 Å². The van der Waals surface area contributed by atoms with Crippen molar-refractivity contribution in [2.75, 3.05) is 11.9 Å². The summed E-state index contributed by atoms with van der Waals surface area (Å²) < 4.78 is 6.14. The van der Waals surface area contributed by atoms with Crippen LogP contribution in [-0.4, -0.2) is 26.4 Å². The molecule has 1 N–H and O–H groups in total. The summed E-state index contributed by atoms with van der Waals surface area (Å²) in [5.41, 5.74) is -0.308. The highest BCUT2D eigenvalue weighted by molar-refractivity contribution is 9.10. The van der Waals surface area contributed by atoms with Crippen LogP contribution >= 0.6 is 15.9 Å². The molecule has 2 rings (SSSR count). The Morgan fingerprint density at radius 3 is 2.90 bits per heavy atom. The number of ether oxygens (including phenoxy) is 1. The Labute approximate surface area is 128 Å². The van der Waals surface area contributed by atoms with E-state index in [1.807, 2.05) is 6.92 Å². The molecular formula is C12H12BrN5O3. The number of pyridine rings is 1. The van der Waals surface area contributed by atoms with Crippen molar-refractivity contribution in [2.45, 2.75) is 13.3 Å². The van der Waals surface area contributed by atoms with E-state index in [2.05, 4.69) is 36.2 Å². The minimum absolute atomic E-state index is 0.131. The number of rotatable bonds is 6. The Hall–Kier alpha value is -2.29. The molecule has 0 aliphatic carbocycles. The van der Waals surface area contributed by atoms with Crippen molar-refractivity contribution in [1.29, 1.82) is 0 Å². The molecule has 0 saturated carbocycles. The number of halogens is 1. The Balaban J connectivity index is 2.31. The maximum atomic E-state index is 11.0. The first-order valence-electron chi connectivity index (χ1n) is 6.14. The molecule has 0 unspecified atom stereocenters. The molecule has 21 heavy (non-hydrogen) atoms. The van der Waals surface area contributed by atoms with Gasteiger partial charge in [-0.05, 0) is 28.4 Å². The lowest BCUT2D eigenvalue weighted by Gasteiger charge is -2.07. The second-order valence-electron chi connectivity index (χ2n) is 4.01. The molecule has 2 aromatic rings. The summed E-state index contributed by atoms with van der Waals surface area (Å²) in [6.45, 7) is 2.65. The van der Waals surface area contributed by atoms with Gasteiger partial charge in [-0.1, -0.05) is 6.92 Å². The van der Waals surface area contributed by atoms with Crippen molar-refractivity contribution in [2.24, 2.45) is 0 Å². The van der Waals surface area contributed by atoms with Gasteiger partial charge in [0.25, 0.3) is 0 Å². The van der Waals surface area contributed by atoms with Crippen LogP contribution in [0.25, 0.3) is 0 Å². The summed E-state index contributed by atoms with van der Waals surface area (Å²) in [4.78, 5) is 22.3. The summed E-state index contributed by atoms with van der Waals surface area (Å²) >= 11 is 3.25. The van der Waals surface area contributed by atoms with E-state index in [-0.39, 0.29) is 17.5 Å². The Bertz CT molecular complexity index is 653. The zero-order chi connectivity index (χ0) is 15.2. The van der Waals surface area contributed by atoms with Crippen molar-refractivity contribution in [1.82, 2.24) is 15.0 Å². The average Bonchev–Trinajstić information content (AvgIpc) is 2.45. The molecule has 9 heteroatoms. The standard InChI is InChI=1S/C12H12BrN5O3/c1-2-3-15-12-16-7-10(18(19)20)11(17-12)21-9-4-8(13)5-14-6-9/h4-7H,2-3H2,1H3,(H,15,16,17). The smallest absolute Gasteiger partial charge is 0.349 e. The zero-order valence-electron chi connectivity index (χ0n) is 11.1. The highest BCUT2D eigenvalue weighted by Gasteiger charge is 2.19. The molecule has 2 heterocycles. The van der Waals surface area contributed by atoms with E-state index in [1.165, 1.54) is 6.20 Å². The average molecular weight is 354 g/mol. The monoisotopic (exact) mass is 353 g/mol. The number of nitro groups is 1. The van der Waals surface area contributed by atoms with E-state index < -0.39 is 4.92 Å². The molecule has 110 valence electrons. The third kappa shape index (κ3) is 4.09. The zero-order valence-corrected chi connectivity index (χ0v) is 12.7. The highest BCUT2D eigenvalue weighted by atomic mass is 79.9. The summed E-state index contributed by atoms with van der Waals surface area (Å²) in [6.07, 6.45) is 5.02. The van der Waals surface area contributed by atoms with Crippen LogP contribution < -0.4 is 10.1 Å². The van der Waals surface area contributed by atoms with Gasteiger partial charge in [-0.3, -0.25) is 15.1 Å². The van der Waals surface area contributed by atoms with Crippen LogP contribution in [0.15, 0.2) is 29.1 Å². The molecule has 0 aliphatic heterocycles. The number of anilines is 1. The Kier molecular flexibility index (Phi) is 4.99. The molecule has 0 fully saturated rings. The second kappa shape index (κ2) is 6.93. The minimum atomic E-state index is -0.593. The fourth-order valence-corrected chi connectivity index (χ4v) is 1.79. The fourth-order valence-electron chi connectivity index (χ4n) is 1.44. The molecular weight excluding hydrogens is 342 g/mol. The van der Waals surface area contributed by atoms with E-state index in [1.54, 1.807) is 12.3 Å². The van der Waals surface area contributed by atoms with E-state index >= 15 is 0 Å². The lowest BCUT2D eigenvalue weighted by molar-refractivity contribution is -0.386. The topological polar surface area (TPSA) is 103 Å². The first-order chi connectivity index (χ1) is 10.1. The van der Waals surface area contributed by atoms with Gasteiger partial charge < -0.3 is 10.1 Å². The van der Waals surface area contributed by atoms with Gasteiger partial charge in [0, 0.05) is 17.2 Å². The largest absolute Gasteiger partial charge is 0.432 e. The first-order valence-corrected chi connectivity index (χ1v) is 6.93. The van der Waals surface area contributed by atoms with E-state index in [4.69, 9.17) is 4.74 Å². The minimum Gasteiger partial charge on any atom is -0.432 e. The van der Waals surface area contributed by atoms with Gasteiger partial charge in [-0.25, -0.2) is 4.98 Å². The summed E-state index contributed by atoms with van der Waals surface area (Å²) in [7, 11) is 0. The van der Waals surface area contributed by atoms with Crippen LogP contribution in [0.5, 0.6) is 11.6 Å². The predicted molar refractivity (Wildman–Crippen MR) is 79.5 cm³/mol. The van der Waals surface area contributed by atoms with Crippen LogP contribution in [0.1, 0.15) is 13.3 Å². The van der Waals surface area contributed by atoms with Gasteiger partial charge in [-0.15, -0.1) is 0 Å². The molecule has 0 aromatic carbocycles. The third-order valence-electron chi connectivity index (χ3n) is 2.36. The molecule has 0 radical (unpaired) electrons. The fraction of sp³-hybridized carbons (Fsp3) is 0.250. The maximum Gasteiger partial charge on any atom is 0.349 e. The van der Waals surface area contributed by atoms with Gasteiger partial charge in [0.05, 0.1) is 11.1 Å². The SMILES string of the molecule is CCCNc1ncc([N+](=O)[O-])c(Oc2cncc(Br)c2)n1. The molecule has 0 saturated heterocycles. The number of nitrogens with one attached hydrogen (secondary N) is 1. The van der Waals surface area contributed by atoms with Crippen LogP contribution in [0.4, 0.5) is 11.6 Å². The Morgan fingerprint density at radius 2 is 2.24 bits per heavy atom. The van der Waals surface area contributed by atoms with E-state index in [0.29, 0.717) is 16.8 Å². The first kappa shape index (κ1) is 15.1. The predicted octanol–water partition coefficient (Wildman–Crippen LogP) is 3.16. The van der Waals surface area contributed by atoms with Crippen molar-refractivity contribution < 1.29 is 9.66 Å². The van der Waals surface area contributed by atoms with Crippen LogP contribution in [0.3, 0.4) is 0 Å². The van der Waals surface area contributed by atoms with Crippen LogP contribution in [-0.2, 0) is 0 Å². The van der Waals surface area contributed by atoms with Gasteiger partial charge in [0.1, 0.15) is 11.9 Å². The number of aromatic nitrogens is 3. The lowest BCUT2D eigenvalue weighted by atomic mass is 10.4. The molecule has 0 spiro atoms. The van der Waals surface area contributed by atoms with Crippen molar-refractivity contribution in [3.63, 3.8) is 0 Å². The quantitative estimate of drug-likeness (QED) is 0.628. The van der Waals surface area contributed by atoms with Gasteiger partial charge >= 0.3 is 11.6 Å². The van der Waals surface area contributed by atoms with Gasteiger partial charge in [-0.2, -0.15) is 4.98 Å². The molecule has 0 bridgehead atoms. The van der Waals surface area contributed by atoms with Crippen molar-refractivity contribution >= 4 is 27.6 Å². The summed E-state index contributed by atoms with van der Waals surface area (Å²) in [5.74, 6) is 0.488. The summed E-state index contributed by atoms with van der Waals surface area (Å²) in [6, 6.07) is 1.64. The highest BCUT2D eigenvalue weighted by Crippen LogP contribution is 2.30. The molecule has 2 aromatic heterocycles. The summed E-state index contributed by atoms with van der Waals surface area (Å²) in [5, 5.41) is 14.0. The van der Waals surface area contributed by atoms with Crippen LogP contribution in [0.2, 0.25) is 0 Å².